The first-order valence-corrected chi connectivity index (χ1v) is 7.37. The smallest absolute Gasteiger partial charge is 0.257 e. The van der Waals surface area contributed by atoms with Crippen molar-refractivity contribution in [3.05, 3.63) is 41.2 Å². The number of benzene rings is 1. The summed E-state index contributed by atoms with van der Waals surface area (Å²) in [6.07, 6.45) is 3.96. The van der Waals surface area contributed by atoms with Crippen molar-refractivity contribution >= 4 is 28.3 Å². The Labute approximate surface area is 123 Å². The van der Waals surface area contributed by atoms with Crippen molar-refractivity contribution in [3.63, 3.8) is 0 Å². The van der Waals surface area contributed by atoms with Gasteiger partial charge >= 0.3 is 0 Å². The van der Waals surface area contributed by atoms with Crippen molar-refractivity contribution in [1.82, 2.24) is 9.88 Å². The Morgan fingerprint density at radius 3 is 3.00 bits per heavy atom. The maximum Gasteiger partial charge on any atom is 0.257 e. The average molecular weight is 289 g/mol. The molecule has 1 amide bonds. The monoisotopic (exact) mass is 288 g/mol. The second kappa shape index (κ2) is 5.41. The van der Waals surface area contributed by atoms with Crippen molar-refractivity contribution in [2.24, 2.45) is 5.92 Å². The highest BCUT2D eigenvalue weighted by atomic mass is 35.5. The summed E-state index contributed by atoms with van der Waals surface area (Å²) >= 11 is 6.20. The molecule has 2 aromatic rings. The molecule has 1 aliphatic heterocycles. The van der Waals surface area contributed by atoms with Crippen molar-refractivity contribution in [2.75, 3.05) is 13.1 Å². The fourth-order valence-corrected chi connectivity index (χ4v) is 3.11. The van der Waals surface area contributed by atoms with Gasteiger partial charge in [-0.3, -0.25) is 4.79 Å². The standard InChI is InChI=1S/C16H17ClN2O/c1-11-5-4-8-19(10-11)16(20)14-13-7-3-2-6-12(13)9-18-15(14)17/h2-3,6-7,9,11H,4-5,8,10H2,1H3. The third-order valence-corrected chi connectivity index (χ3v) is 4.20. The topological polar surface area (TPSA) is 33.2 Å². The number of hydrogen-bond acceptors (Lipinski definition) is 2. The first kappa shape index (κ1) is 13.4. The lowest BCUT2D eigenvalue weighted by molar-refractivity contribution is 0.0685. The van der Waals surface area contributed by atoms with E-state index in [0.29, 0.717) is 16.6 Å². The first-order valence-electron chi connectivity index (χ1n) is 6.99. The zero-order valence-electron chi connectivity index (χ0n) is 11.5. The van der Waals surface area contributed by atoms with E-state index >= 15 is 0 Å². The van der Waals surface area contributed by atoms with Gasteiger partial charge in [0, 0.05) is 24.7 Å². The molecule has 0 aliphatic carbocycles. The molecule has 1 aliphatic rings. The molecule has 1 aromatic heterocycles. The number of nitrogens with zero attached hydrogens (tertiary/aromatic N) is 2. The van der Waals surface area contributed by atoms with E-state index in [1.54, 1.807) is 6.20 Å². The number of rotatable bonds is 1. The fraction of sp³-hybridized carbons (Fsp3) is 0.375. The second-order valence-electron chi connectivity index (χ2n) is 5.51. The molecule has 4 heteroatoms. The van der Waals surface area contributed by atoms with E-state index in [1.165, 1.54) is 6.42 Å². The van der Waals surface area contributed by atoms with Crippen LogP contribution in [0, 0.1) is 5.92 Å². The Bertz CT molecular complexity index is 656. The van der Waals surface area contributed by atoms with Crippen molar-refractivity contribution in [3.8, 4) is 0 Å². The lowest BCUT2D eigenvalue weighted by atomic mass is 9.99. The number of likely N-dealkylation sites (tertiary alicyclic amines) is 1. The number of carbonyl (C=O) groups excluding carboxylic acids is 1. The number of hydrogen-bond donors (Lipinski definition) is 0. The molecule has 3 nitrogen and oxygen atoms in total. The van der Waals surface area contributed by atoms with Crippen LogP contribution in [-0.4, -0.2) is 28.9 Å². The molecule has 1 unspecified atom stereocenters. The third-order valence-electron chi connectivity index (χ3n) is 3.91. The van der Waals surface area contributed by atoms with Crippen LogP contribution in [0.15, 0.2) is 30.5 Å². The van der Waals surface area contributed by atoms with Crippen LogP contribution in [0.3, 0.4) is 0 Å². The van der Waals surface area contributed by atoms with E-state index in [2.05, 4.69) is 11.9 Å². The molecule has 0 radical (unpaired) electrons. The number of halogens is 1. The van der Waals surface area contributed by atoms with E-state index in [0.717, 1.165) is 30.3 Å². The van der Waals surface area contributed by atoms with Crippen LogP contribution in [0.5, 0.6) is 0 Å². The van der Waals surface area contributed by atoms with E-state index in [4.69, 9.17) is 11.6 Å². The second-order valence-corrected chi connectivity index (χ2v) is 5.87. The number of carbonyl (C=O) groups is 1. The highest BCUT2D eigenvalue weighted by Gasteiger charge is 2.25. The Hall–Kier alpha value is -1.61. The molecule has 2 heterocycles. The summed E-state index contributed by atoms with van der Waals surface area (Å²) in [7, 11) is 0. The van der Waals surface area contributed by atoms with Gasteiger partial charge in [-0.1, -0.05) is 42.8 Å². The van der Waals surface area contributed by atoms with Gasteiger partial charge in [-0.25, -0.2) is 4.98 Å². The number of pyridine rings is 1. The van der Waals surface area contributed by atoms with Gasteiger partial charge in [0.2, 0.25) is 0 Å². The van der Waals surface area contributed by atoms with E-state index in [9.17, 15) is 4.79 Å². The SMILES string of the molecule is CC1CCCN(C(=O)c2c(Cl)ncc3ccccc23)C1. The zero-order valence-corrected chi connectivity index (χ0v) is 12.2. The first-order chi connectivity index (χ1) is 9.66. The summed E-state index contributed by atoms with van der Waals surface area (Å²) in [5, 5.41) is 2.13. The van der Waals surface area contributed by atoms with Crippen LogP contribution < -0.4 is 0 Å². The molecule has 3 rings (SSSR count). The Morgan fingerprint density at radius 1 is 1.40 bits per heavy atom. The molecule has 1 saturated heterocycles. The Balaban J connectivity index is 2.04. The molecule has 1 aromatic carbocycles. The fourth-order valence-electron chi connectivity index (χ4n) is 2.87. The largest absolute Gasteiger partial charge is 0.338 e. The Kier molecular flexibility index (Phi) is 3.62. The van der Waals surface area contributed by atoms with Crippen LogP contribution >= 0.6 is 11.6 Å². The van der Waals surface area contributed by atoms with Gasteiger partial charge in [0.1, 0.15) is 5.15 Å². The lowest BCUT2D eigenvalue weighted by Crippen LogP contribution is -2.39. The summed E-state index contributed by atoms with van der Waals surface area (Å²) < 4.78 is 0. The number of fused-ring (bicyclic) bond motifs is 1. The van der Waals surface area contributed by atoms with Gasteiger partial charge in [-0.2, -0.15) is 0 Å². The average Bonchev–Trinajstić information content (AvgIpc) is 2.46. The van der Waals surface area contributed by atoms with Crippen LogP contribution in [0.4, 0.5) is 0 Å². The van der Waals surface area contributed by atoms with Crippen LogP contribution in [-0.2, 0) is 0 Å². The molecule has 0 saturated carbocycles. The summed E-state index contributed by atoms with van der Waals surface area (Å²) in [5.74, 6) is 0.556. The number of amides is 1. The summed E-state index contributed by atoms with van der Waals surface area (Å²) in [6, 6.07) is 7.75. The quantitative estimate of drug-likeness (QED) is 0.749. The normalized spacial score (nSPS) is 19.3. The Morgan fingerprint density at radius 2 is 2.20 bits per heavy atom. The highest BCUT2D eigenvalue weighted by Crippen LogP contribution is 2.27. The molecule has 104 valence electrons. The lowest BCUT2D eigenvalue weighted by Gasteiger charge is -2.31. The van der Waals surface area contributed by atoms with Gasteiger partial charge in [0.05, 0.1) is 5.56 Å². The van der Waals surface area contributed by atoms with Gasteiger partial charge < -0.3 is 4.90 Å². The third kappa shape index (κ3) is 2.38. The van der Waals surface area contributed by atoms with E-state index < -0.39 is 0 Å². The number of piperidine rings is 1. The summed E-state index contributed by atoms with van der Waals surface area (Å²) in [5.41, 5.74) is 0.541. The predicted molar refractivity (Wildman–Crippen MR) is 81.1 cm³/mol. The predicted octanol–water partition coefficient (Wildman–Crippen LogP) is 3.76. The molecule has 0 bridgehead atoms. The number of aromatic nitrogens is 1. The van der Waals surface area contributed by atoms with E-state index in [1.807, 2.05) is 29.2 Å². The van der Waals surface area contributed by atoms with Gasteiger partial charge in [-0.05, 0) is 24.1 Å². The maximum absolute atomic E-state index is 12.8. The van der Waals surface area contributed by atoms with Crippen molar-refractivity contribution in [2.45, 2.75) is 19.8 Å². The minimum Gasteiger partial charge on any atom is -0.338 e. The van der Waals surface area contributed by atoms with Crippen LogP contribution in [0.2, 0.25) is 5.15 Å². The molecule has 0 N–H and O–H groups in total. The maximum atomic E-state index is 12.8. The minimum absolute atomic E-state index is 0.00542. The molecular formula is C16H17ClN2O. The van der Waals surface area contributed by atoms with Gasteiger partial charge in [0.25, 0.3) is 5.91 Å². The molecular weight excluding hydrogens is 272 g/mol. The summed E-state index contributed by atoms with van der Waals surface area (Å²) in [4.78, 5) is 18.8. The van der Waals surface area contributed by atoms with Crippen LogP contribution in [0.25, 0.3) is 10.8 Å². The van der Waals surface area contributed by atoms with Crippen LogP contribution in [0.1, 0.15) is 30.1 Å². The molecule has 20 heavy (non-hydrogen) atoms. The van der Waals surface area contributed by atoms with E-state index in [-0.39, 0.29) is 5.91 Å². The molecule has 1 fully saturated rings. The molecule has 1 atom stereocenters. The zero-order chi connectivity index (χ0) is 14.1. The van der Waals surface area contributed by atoms with Gasteiger partial charge in [0.15, 0.2) is 0 Å². The van der Waals surface area contributed by atoms with Crippen molar-refractivity contribution < 1.29 is 4.79 Å². The highest BCUT2D eigenvalue weighted by molar-refractivity contribution is 6.34. The summed E-state index contributed by atoms with van der Waals surface area (Å²) in [6.45, 7) is 3.80. The van der Waals surface area contributed by atoms with Crippen molar-refractivity contribution in [1.29, 1.82) is 0 Å². The minimum atomic E-state index is 0.00542. The molecule has 0 spiro atoms. The van der Waals surface area contributed by atoms with Gasteiger partial charge in [-0.15, -0.1) is 0 Å².